The minimum absolute atomic E-state index is 0.224. The van der Waals surface area contributed by atoms with E-state index in [4.69, 9.17) is 16.6 Å². The lowest BCUT2D eigenvalue weighted by atomic mass is 10.1. The number of carbonyl (C=O) groups excluding carboxylic acids is 2. The average Bonchev–Trinajstić information content (AvgIpc) is 2.88. The van der Waals surface area contributed by atoms with Gasteiger partial charge >= 0.3 is 5.97 Å². The van der Waals surface area contributed by atoms with Crippen LogP contribution in [0.2, 0.25) is 0 Å². The number of aliphatic carboxylic acids is 1. The Morgan fingerprint density at radius 2 is 1.26 bits per heavy atom. The number of hydrogen-bond acceptors (Lipinski definition) is 6. The Bertz CT molecular complexity index is 893. The van der Waals surface area contributed by atoms with Gasteiger partial charge in [-0.15, -0.1) is 0 Å². The number of nitrogens with one attached hydrogen (secondary N) is 1. The highest BCUT2D eigenvalue weighted by Gasteiger charge is 2.33. The van der Waals surface area contributed by atoms with Crippen LogP contribution in [-0.2, 0) is 14.4 Å². The van der Waals surface area contributed by atoms with Crippen molar-refractivity contribution in [2.75, 3.05) is 5.75 Å². The molecule has 2 atom stereocenters. The summed E-state index contributed by atoms with van der Waals surface area (Å²) in [5.41, 5.74) is 11.1. The van der Waals surface area contributed by atoms with Crippen molar-refractivity contribution in [3.63, 3.8) is 0 Å². The third-order valence-corrected chi connectivity index (χ3v) is 8.66. The standard InChI is InChI=1S/C30H47N3O4S2/c1-4-5-6-7-8-9-10-11-12-13-14-15-16-17-18-19-20-21-22-23-26(34)33-25(28(32)35)24-38-39-30(2,3)27(31)29(36)37/h5-6,8-9,11-12,14-15,17-18,20-21,25,27H,4,7,10,13,16,19,22-24,31H2,1-3H3,(H2,32,35)(H,33,34)(H,36,37)/b6-5-,9-8-,12-11-,15-14-,18-17-,21-20-. The molecule has 6 N–H and O–H groups in total. The first-order valence-electron chi connectivity index (χ1n) is 13.4. The summed E-state index contributed by atoms with van der Waals surface area (Å²) in [7, 11) is 2.51. The van der Waals surface area contributed by atoms with E-state index >= 15 is 0 Å². The Kier molecular flexibility index (Phi) is 21.9. The van der Waals surface area contributed by atoms with Gasteiger partial charge in [0.25, 0.3) is 0 Å². The zero-order valence-electron chi connectivity index (χ0n) is 23.6. The topological polar surface area (TPSA) is 136 Å². The number of hydrogen-bond donors (Lipinski definition) is 4. The van der Waals surface area contributed by atoms with Crippen LogP contribution >= 0.6 is 21.6 Å². The molecule has 0 aromatic carbocycles. The fraction of sp³-hybridized carbons (Fsp3) is 0.500. The van der Waals surface area contributed by atoms with Crippen LogP contribution in [0, 0.1) is 0 Å². The van der Waals surface area contributed by atoms with Crippen LogP contribution in [0.3, 0.4) is 0 Å². The number of carbonyl (C=O) groups is 3. The van der Waals surface area contributed by atoms with E-state index in [0.29, 0.717) is 6.42 Å². The first-order valence-corrected chi connectivity index (χ1v) is 15.7. The molecule has 2 amide bonds. The van der Waals surface area contributed by atoms with Crippen LogP contribution in [0.25, 0.3) is 0 Å². The number of carboxylic acid groups (broad SMARTS) is 1. The van der Waals surface area contributed by atoms with Crippen LogP contribution in [0.1, 0.15) is 72.1 Å². The predicted molar refractivity (Wildman–Crippen MR) is 168 cm³/mol. The van der Waals surface area contributed by atoms with Crippen molar-refractivity contribution in [3.8, 4) is 0 Å². The van der Waals surface area contributed by atoms with Gasteiger partial charge in [0.05, 0.1) is 0 Å². The summed E-state index contributed by atoms with van der Waals surface area (Å²) < 4.78 is -0.751. The normalized spacial score (nSPS) is 14.5. The van der Waals surface area contributed by atoms with Gasteiger partial charge in [-0.2, -0.15) is 0 Å². The third-order valence-electron chi connectivity index (χ3n) is 5.34. The van der Waals surface area contributed by atoms with Gasteiger partial charge in [0.15, 0.2) is 0 Å². The highest BCUT2D eigenvalue weighted by atomic mass is 33.1. The lowest BCUT2D eigenvalue weighted by Gasteiger charge is -2.27. The molecule has 0 saturated carbocycles. The molecule has 0 aliphatic heterocycles. The van der Waals surface area contributed by atoms with E-state index in [-0.39, 0.29) is 18.1 Å². The van der Waals surface area contributed by atoms with Crippen LogP contribution in [0.15, 0.2) is 72.9 Å². The van der Waals surface area contributed by atoms with Crippen LogP contribution < -0.4 is 16.8 Å². The second kappa shape index (κ2) is 23.4. The van der Waals surface area contributed by atoms with E-state index in [2.05, 4.69) is 73.0 Å². The monoisotopic (exact) mass is 577 g/mol. The van der Waals surface area contributed by atoms with Crippen molar-refractivity contribution in [1.29, 1.82) is 0 Å². The quantitative estimate of drug-likeness (QED) is 0.0914. The summed E-state index contributed by atoms with van der Waals surface area (Å²) in [6.45, 7) is 5.57. The molecular formula is C30H47N3O4S2. The summed E-state index contributed by atoms with van der Waals surface area (Å²) >= 11 is 0. The highest BCUT2D eigenvalue weighted by molar-refractivity contribution is 8.77. The van der Waals surface area contributed by atoms with Gasteiger partial charge in [0.1, 0.15) is 12.1 Å². The van der Waals surface area contributed by atoms with Crippen LogP contribution in [0.5, 0.6) is 0 Å². The molecule has 0 aromatic rings. The smallest absolute Gasteiger partial charge is 0.321 e. The van der Waals surface area contributed by atoms with Crippen molar-refractivity contribution in [1.82, 2.24) is 5.32 Å². The average molecular weight is 578 g/mol. The lowest BCUT2D eigenvalue weighted by Crippen LogP contribution is -2.47. The van der Waals surface area contributed by atoms with Crippen molar-refractivity contribution in [2.45, 2.75) is 89.0 Å². The summed E-state index contributed by atoms with van der Waals surface area (Å²) in [5.74, 6) is -1.76. The molecule has 0 rings (SSSR count). The van der Waals surface area contributed by atoms with Gasteiger partial charge < -0.3 is 21.9 Å². The fourth-order valence-corrected chi connectivity index (χ4v) is 5.71. The van der Waals surface area contributed by atoms with Crippen LogP contribution in [0.4, 0.5) is 0 Å². The van der Waals surface area contributed by atoms with E-state index in [1.54, 1.807) is 13.8 Å². The summed E-state index contributed by atoms with van der Waals surface area (Å²) in [6, 6.07) is -1.89. The Labute approximate surface area is 242 Å². The molecular weight excluding hydrogens is 530 g/mol. The fourth-order valence-electron chi connectivity index (χ4n) is 2.92. The second-order valence-electron chi connectivity index (χ2n) is 9.26. The Balaban J connectivity index is 4.06. The number of allylic oxidation sites excluding steroid dienone is 12. The predicted octanol–water partition coefficient (Wildman–Crippen LogP) is 6.01. The molecule has 2 unspecified atom stereocenters. The maximum Gasteiger partial charge on any atom is 0.321 e. The Morgan fingerprint density at radius 3 is 1.67 bits per heavy atom. The third kappa shape index (κ3) is 21.1. The number of rotatable bonds is 22. The molecule has 0 bridgehead atoms. The molecule has 0 fully saturated rings. The Hall–Kier alpha value is -2.49. The van der Waals surface area contributed by atoms with Crippen LogP contribution in [-0.4, -0.2) is 45.5 Å². The zero-order chi connectivity index (χ0) is 29.4. The van der Waals surface area contributed by atoms with Crippen molar-refractivity contribution < 1.29 is 19.5 Å². The van der Waals surface area contributed by atoms with Crippen molar-refractivity contribution in [2.24, 2.45) is 11.5 Å². The van der Waals surface area contributed by atoms with Gasteiger partial charge in [-0.1, -0.05) is 101 Å². The zero-order valence-corrected chi connectivity index (χ0v) is 25.2. The Morgan fingerprint density at radius 1 is 0.821 bits per heavy atom. The van der Waals surface area contributed by atoms with Gasteiger partial charge in [-0.3, -0.25) is 14.4 Å². The minimum atomic E-state index is -1.10. The molecule has 9 heteroatoms. The van der Waals surface area contributed by atoms with E-state index in [9.17, 15) is 14.4 Å². The molecule has 0 saturated heterocycles. The SMILES string of the molecule is CC/C=C\C/C=C\C/C=C\C/C=C\C/C=C\C/C=C\CCC(=O)NC(CSSC(C)(C)C(N)C(=O)O)C(N)=O. The molecule has 0 aliphatic carbocycles. The lowest BCUT2D eigenvalue weighted by molar-refractivity contribution is -0.139. The van der Waals surface area contributed by atoms with Gasteiger partial charge in [-0.05, 0) is 58.8 Å². The largest absolute Gasteiger partial charge is 0.480 e. The molecule has 7 nitrogen and oxygen atoms in total. The first-order chi connectivity index (χ1) is 18.6. The maximum absolute atomic E-state index is 12.2. The first kappa shape index (κ1) is 36.5. The van der Waals surface area contributed by atoms with Gasteiger partial charge in [-0.25, -0.2) is 0 Å². The minimum Gasteiger partial charge on any atom is -0.480 e. The number of amides is 2. The van der Waals surface area contributed by atoms with E-state index in [0.717, 1.165) is 38.5 Å². The highest BCUT2D eigenvalue weighted by Crippen LogP contribution is 2.37. The molecule has 0 aromatic heterocycles. The second-order valence-corrected chi connectivity index (χ2v) is 12.3. The summed E-state index contributed by atoms with van der Waals surface area (Å²) in [4.78, 5) is 35.0. The molecule has 0 heterocycles. The molecule has 0 aliphatic rings. The van der Waals surface area contributed by atoms with Crippen molar-refractivity contribution >= 4 is 39.4 Å². The summed E-state index contributed by atoms with van der Waals surface area (Å²) in [6.07, 6.45) is 32.0. The van der Waals surface area contributed by atoms with Gasteiger partial charge in [0.2, 0.25) is 11.8 Å². The number of nitrogens with two attached hydrogens (primary N) is 2. The van der Waals surface area contributed by atoms with Crippen molar-refractivity contribution in [3.05, 3.63) is 72.9 Å². The van der Waals surface area contributed by atoms with Gasteiger partial charge in [0, 0.05) is 16.9 Å². The molecule has 0 spiro atoms. The van der Waals surface area contributed by atoms with E-state index in [1.807, 2.05) is 12.2 Å². The maximum atomic E-state index is 12.2. The summed E-state index contributed by atoms with van der Waals surface area (Å²) in [5, 5.41) is 11.7. The number of carboxylic acids is 1. The van der Waals surface area contributed by atoms with E-state index in [1.165, 1.54) is 21.6 Å². The molecule has 218 valence electrons. The molecule has 0 radical (unpaired) electrons. The molecule has 39 heavy (non-hydrogen) atoms. The van der Waals surface area contributed by atoms with E-state index < -0.39 is 28.7 Å². The number of primary amides is 1.